The zero-order chi connectivity index (χ0) is 15.3. The summed E-state index contributed by atoms with van der Waals surface area (Å²) >= 11 is 0. The molecule has 0 amide bonds. The number of benzene rings is 1. The van der Waals surface area contributed by atoms with Crippen LogP contribution in [0.3, 0.4) is 0 Å². The molecule has 1 unspecified atom stereocenters. The van der Waals surface area contributed by atoms with E-state index in [0.29, 0.717) is 18.8 Å². The van der Waals surface area contributed by atoms with Crippen LogP contribution in [0.5, 0.6) is 0 Å². The van der Waals surface area contributed by atoms with Crippen molar-refractivity contribution in [3.63, 3.8) is 0 Å². The number of rotatable bonds is 4. The van der Waals surface area contributed by atoms with Crippen LogP contribution in [-0.4, -0.2) is 33.4 Å². The highest BCUT2D eigenvalue weighted by molar-refractivity contribution is 7.92. The predicted octanol–water partition coefficient (Wildman–Crippen LogP) is 1.23. The van der Waals surface area contributed by atoms with E-state index in [2.05, 4.69) is 16.6 Å². The van der Waals surface area contributed by atoms with Gasteiger partial charge in [-0.05, 0) is 43.5 Å². The molecule has 0 saturated carbocycles. The highest BCUT2D eigenvalue weighted by Gasteiger charge is 2.23. The summed E-state index contributed by atoms with van der Waals surface area (Å²) in [6.45, 7) is 2.79. The molecule has 1 aromatic rings. The molecule has 2 rings (SSSR count). The largest absolute Gasteiger partial charge is 0.377 e. The first-order valence-electron chi connectivity index (χ1n) is 6.92. The molecular formula is C15H20N2O3S. The lowest BCUT2D eigenvalue weighted by Gasteiger charge is -2.13. The Morgan fingerprint density at radius 3 is 2.90 bits per heavy atom. The SMILES string of the molecule is Cc1cc(C#CCN)ccc1NS(=O)(=O)CC1CCCO1. The molecule has 0 radical (unpaired) electrons. The van der Waals surface area contributed by atoms with Gasteiger partial charge in [0.15, 0.2) is 0 Å². The number of hydrogen-bond acceptors (Lipinski definition) is 4. The van der Waals surface area contributed by atoms with Gasteiger partial charge in [-0.15, -0.1) is 0 Å². The number of nitrogens with one attached hydrogen (secondary N) is 1. The van der Waals surface area contributed by atoms with Gasteiger partial charge in [-0.1, -0.05) is 11.8 Å². The maximum Gasteiger partial charge on any atom is 0.235 e. The van der Waals surface area contributed by atoms with Gasteiger partial charge in [-0.2, -0.15) is 0 Å². The second-order valence-electron chi connectivity index (χ2n) is 5.05. The molecule has 6 heteroatoms. The lowest BCUT2D eigenvalue weighted by atomic mass is 10.1. The van der Waals surface area contributed by atoms with Gasteiger partial charge in [-0.3, -0.25) is 4.72 Å². The van der Waals surface area contributed by atoms with Crippen molar-refractivity contribution >= 4 is 15.7 Å². The van der Waals surface area contributed by atoms with E-state index in [0.717, 1.165) is 24.0 Å². The molecule has 1 atom stereocenters. The van der Waals surface area contributed by atoms with Gasteiger partial charge in [0.2, 0.25) is 10.0 Å². The van der Waals surface area contributed by atoms with Crippen molar-refractivity contribution in [1.82, 2.24) is 0 Å². The number of ether oxygens (including phenoxy) is 1. The molecule has 1 fully saturated rings. The van der Waals surface area contributed by atoms with Gasteiger partial charge in [0.1, 0.15) is 0 Å². The summed E-state index contributed by atoms with van der Waals surface area (Å²) in [6.07, 6.45) is 1.53. The van der Waals surface area contributed by atoms with Crippen LogP contribution in [0.15, 0.2) is 18.2 Å². The zero-order valence-electron chi connectivity index (χ0n) is 12.1. The van der Waals surface area contributed by atoms with Crippen LogP contribution in [-0.2, 0) is 14.8 Å². The quantitative estimate of drug-likeness (QED) is 0.820. The Kier molecular flexibility index (Phi) is 5.23. The van der Waals surface area contributed by atoms with Gasteiger partial charge in [0.05, 0.1) is 24.1 Å². The fourth-order valence-electron chi connectivity index (χ4n) is 2.24. The van der Waals surface area contributed by atoms with Crippen molar-refractivity contribution in [2.24, 2.45) is 5.73 Å². The second kappa shape index (κ2) is 6.94. The summed E-state index contributed by atoms with van der Waals surface area (Å²) in [5, 5.41) is 0. The maximum absolute atomic E-state index is 12.1. The molecule has 114 valence electrons. The Morgan fingerprint density at radius 2 is 2.29 bits per heavy atom. The van der Waals surface area contributed by atoms with E-state index < -0.39 is 10.0 Å². The number of aryl methyl sites for hydroxylation is 1. The highest BCUT2D eigenvalue weighted by Crippen LogP contribution is 2.20. The van der Waals surface area contributed by atoms with Crippen LogP contribution in [0, 0.1) is 18.8 Å². The van der Waals surface area contributed by atoms with E-state index >= 15 is 0 Å². The molecule has 21 heavy (non-hydrogen) atoms. The van der Waals surface area contributed by atoms with Gasteiger partial charge in [0, 0.05) is 12.2 Å². The summed E-state index contributed by atoms with van der Waals surface area (Å²) in [5.41, 5.74) is 7.55. The Balaban J connectivity index is 2.07. The molecule has 0 aliphatic carbocycles. The van der Waals surface area contributed by atoms with E-state index in [-0.39, 0.29) is 11.9 Å². The molecular weight excluding hydrogens is 288 g/mol. The van der Waals surface area contributed by atoms with E-state index in [1.807, 2.05) is 13.0 Å². The summed E-state index contributed by atoms with van der Waals surface area (Å²) in [5.74, 6) is 5.69. The van der Waals surface area contributed by atoms with Crippen LogP contribution in [0.1, 0.15) is 24.0 Å². The monoisotopic (exact) mass is 308 g/mol. The van der Waals surface area contributed by atoms with Gasteiger partial charge in [0.25, 0.3) is 0 Å². The second-order valence-corrected chi connectivity index (χ2v) is 6.82. The topological polar surface area (TPSA) is 81.4 Å². The number of nitrogens with two attached hydrogens (primary N) is 1. The molecule has 1 aromatic carbocycles. The standard InChI is InChI=1S/C15H20N2O3S/c1-12-10-13(4-2-8-16)6-7-15(12)17-21(18,19)11-14-5-3-9-20-14/h6-7,10,14,17H,3,5,8-9,11,16H2,1H3. The van der Waals surface area contributed by atoms with Crippen molar-refractivity contribution in [1.29, 1.82) is 0 Å². The van der Waals surface area contributed by atoms with E-state index in [1.165, 1.54) is 0 Å². The van der Waals surface area contributed by atoms with Gasteiger partial charge in [-0.25, -0.2) is 8.42 Å². The molecule has 3 N–H and O–H groups in total. The fraction of sp³-hybridized carbons (Fsp3) is 0.467. The van der Waals surface area contributed by atoms with Gasteiger partial charge >= 0.3 is 0 Å². The minimum Gasteiger partial charge on any atom is -0.377 e. The first-order valence-corrected chi connectivity index (χ1v) is 8.57. The van der Waals surface area contributed by atoms with Crippen molar-refractivity contribution < 1.29 is 13.2 Å². The molecule has 0 aromatic heterocycles. The first-order chi connectivity index (χ1) is 10.00. The van der Waals surface area contributed by atoms with Crippen LogP contribution in [0.2, 0.25) is 0 Å². The number of sulfonamides is 1. The Labute approximate surface area is 125 Å². The Morgan fingerprint density at radius 1 is 1.48 bits per heavy atom. The van der Waals surface area contributed by atoms with E-state index in [9.17, 15) is 8.42 Å². The summed E-state index contributed by atoms with van der Waals surface area (Å²) < 4.78 is 32.2. The third kappa shape index (κ3) is 4.74. The first kappa shape index (κ1) is 15.8. The molecule has 1 saturated heterocycles. The third-order valence-corrected chi connectivity index (χ3v) is 4.60. The van der Waals surface area contributed by atoms with E-state index in [4.69, 9.17) is 10.5 Å². The minimum atomic E-state index is -3.40. The average molecular weight is 308 g/mol. The Hall–Kier alpha value is -1.55. The normalized spacial score (nSPS) is 18.1. The molecule has 0 bridgehead atoms. The lowest BCUT2D eigenvalue weighted by Crippen LogP contribution is -2.26. The van der Waals surface area contributed by atoms with Crippen molar-refractivity contribution in [2.75, 3.05) is 23.6 Å². The minimum absolute atomic E-state index is 0.00116. The summed E-state index contributed by atoms with van der Waals surface area (Å²) in [6, 6.07) is 5.34. The molecule has 5 nitrogen and oxygen atoms in total. The van der Waals surface area contributed by atoms with Crippen LogP contribution in [0.25, 0.3) is 0 Å². The zero-order valence-corrected chi connectivity index (χ0v) is 12.9. The smallest absolute Gasteiger partial charge is 0.235 e. The van der Waals surface area contributed by atoms with Crippen molar-refractivity contribution in [3.05, 3.63) is 29.3 Å². The molecule has 1 aliphatic heterocycles. The predicted molar refractivity (Wildman–Crippen MR) is 83.5 cm³/mol. The summed E-state index contributed by atoms with van der Waals surface area (Å²) in [4.78, 5) is 0. The van der Waals surface area contributed by atoms with Crippen LogP contribution >= 0.6 is 0 Å². The third-order valence-electron chi connectivity index (χ3n) is 3.26. The maximum atomic E-state index is 12.1. The fourth-order valence-corrected chi connectivity index (χ4v) is 3.64. The Bertz CT molecular complexity index is 653. The van der Waals surface area contributed by atoms with Crippen molar-refractivity contribution in [2.45, 2.75) is 25.9 Å². The highest BCUT2D eigenvalue weighted by atomic mass is 32.2. The lowest BCUT2D eigenvalue weighted by molar-refractivity contribution is 0.127. The average Bonchev–Trinajstić information content (AvgIpc) is 2.91. The molecule has 1 aliphatic rings. The van der Waals surface area contributed by atoms with E-state index in [1.54, 1.807) is 12.1 Å². The van der Waals surface area contributed by atoms with Crippen molar-refractivity contribution in [3.8, 4) is 11.8 Å². The summed E-state index contributed by atoms with van der Waals surface area (Å²) in [7, 11) is -3.40. The van der Waals surface area contributed by atoms with Crippen LogP contribution in [0.4, 0.5) is 5.69 Å². The molecule has 0 spiro atoms. The number of hydrogen-bond donors (Lipinski definition) is 2. The van der Waals surface area contributed by atoms with Crippen LogP contribution < -0.4 is 10.5 Å². The number of anilines is 1. The van der Waals surface area contributed by atoms with Gasteiger partial charge < -0.3 is 10.5 Å². The molecule has 1 heterocycles.